The van der Waals surface area contributed by atoms with Crippen molar-refractivity contribution in [2.75, 3.05) is 10.5 Å². The summed E-state index contributed by atoms with van der Waals surface area (Å²) in [5.74, 6) is 0. The predicted molar refractivity (Wildman–Crippen MR) is 70.6 cm³/mol. The molecule has 5 nitrogen and oxygen atoms in total. The van der Waals surface area contributed by atoms with E-state index < -0.39 is 10.0 Å². The Kier molecular flexibility index (Phi) is 3.20. The van der Waals surface area contributed by atoms with E-state index in [0.29, 0.717) is 11.4 Å². The Labute approximate surface area is 106 Å². The summed E-state index contributed by atoms with van der Waals surface area (Å²) in [4.78, 5) is 4.14. The summed E-state index contributed by atoms with van der Waals surface area (Å²) in [5.41, 5.74) is 7.19. The van der Waals surface area contributed by atoms with Crippen molar-refractivity contribution < 1.29 is 8.42 Å². The monoisotopic (exact) mass is 263 g/mol. The maximum absolute atomic E-state index is 12.1. The number of hydrogen-bond acceptors (Lipinski definition) is 4. The highest BCUT2D eigenvalue weighted by atomic mass is 32.2. The number of nitrogens with two attached hydrogens (primary N) is 1. The van der Waals surface area contributed by atoms with Crippen LogP contribution in [-0.2, 0) is 10.0 Å². The van der Waals surface area contributed by atoms with Crippen molar-refractivity contribution in [2.24, 2.45) is 0 Å². The van der Waals surface area contributed by atoms with Gasteiger partial charge >= 0.3 is 0 Å². The molecule has 0 amide bonds. The van der Waals surface area contributed by atoms with E-state index in [-0.39, 0.29) is 4.90 Å². The van der Waals surface area contributed by atoms with Crippen LogP contribution in [0.25, 0.3) is 0 Å². The summed E-state index contributed by atoms with van der Waals surface area (Å²) in [6, 6.07) is 9.39. The summed E-state index contributed by atoms with van der Waals surface area (Å²) in [6.45, 7) is 1.79. The molecule has 2 aromatic rings. The first-order valence-electron chi connectivity index (χ1n) is 5.28. The van der Waals surface area contributed by atoms with E-state index in [0.717, 1.165) is 5.69 Å². The number of hydrogen-bond donors (Lipinski definition) is 2. The van der Waals surface area contributed by atoms with E-state index in [1.807, 2.05) is 0 Å². The molecule has 0 spiro atoms. The van der Waals surface area contributed by atoms with Gasteiger partial charge < -0.3 is 5.73 Å². The van der Waals surface area contributed by atoms with Gasteiger partial charge in [0.05, 0.1) is 10.6 Å². The summed E-state index contributed by atoms with van der Waals surface area (Å²) in [6.07, 6.45) is 1.55. The first kappa shape index (κ1) is 12.4. The Morgan fingerprint density at radius 3 is 2.67 bits per heavy atom. The fraction of sp³-hybridized carbons (Fsp3) is 0.0833. The Hall–Kier alpha value is -2.08. The SMILES string of the molecule is Cc1cc(NS(=O)(=O)c2cccc(N)c2)ccn1. The Balaban J connectivity index is 2.33. The largest absolute Gasteiger partial charge is 0.399 e. The molecule has 0 aliphatic heterocycles. The second-order valence-electron chi connectivity index (χ2n) is 3.86. The molecule has 1 aromatic carbocycles. The second kappa shape index (κ2) is 4.66. The molecule has 0 fully saturated rings. The van der Waals surface area contributed by atoms with Crippen molar-refractivity contribution in [3.05, 3.63) is 48.3 Å². The number of rotatable bonds is 3. The molecular weight excluding hydrogens is 250 g/mol. The average Bonchev–Trinajstić information content (AvgIpc) is 2.28. The van der Waals surface area contributed by atoms with Crippen molar-refractivity contribution >= 4 is 21.4 Å². The van der Waals surface area contributed by atoms with E-state index >= 15 is 0 Å². The standard InChI is InChI=1S/C12H13N3O2S/c1-9-7-11(5-6-14-9)15-18(16,17)12-4-2-3-10(13)8-12/h2-8H,13H2,1H3,(H,14,15). The molecule has 0 bridgehead atoms. The molecule has 94 valence electrons. The summed E-state index contributed by atoms with van der Waals surface area (Å²) in [5, 5.41) is 0. The molecule has 3 N–H and O–H groups in total. The minimum absolute atomic E-state index is 0.136. The highest BCUT2D eigenvalue weighted by Crippen LogP contribution is 2.17. The lowest BCUT2D eigenvalue weighted by atomic mass is 10.3. The van der Waals surface area contributed by atoms with Crippen molar-refractivity contribution in [3.8, 4) is 0 Å². The van der Waals surface area contributed by atoms with Crippen molar-refractivity contribution in [1.82, 2.24) is 4.98 Å². The van der Waals surface area contributed by atoms with Gasteiger partial charge in [-0.2, -0.15) is 0 Å². The van der Waals surface area contributed by atoms with Crippen LogP contribution in [-0.4, -0.2) is 13.4 Å². The topological polar surface area (TPSA) is 85.1 Å². The van der Waals surface area contributed by atoms with E-state index in [4.69, 9.17) is 5.73 Å². The molecule has 2 rings (SSSR count). The van der Waals surface area contributed by atoms with Crippen LogP contribution >= 0.6 is 0 Å². The third kappa shape index (κ3) is 2.78. The van der Waals surface area contributed by atoms with Gasteiger partial charge in [-0.3, -0.25) is 9.71 Å². The van der Waals surface area contributed by atoms with Crippen LogP contribution in [0.2, 0.25) is 0 Å². The summed E-state index contributed by atoms with van der Waals surface area (Å²) in [7, 11) is -3.61. The average molecular weight is 263 g/mol. The van der Waals surface area contributed by atoms with Gasteiger partial charge in [-0.05, 0) is 37.3 Å². The van der Waals surface area contributed by atoms with Gasteiger partial charge in [0, 0.05) is 17.6 Å². The van der Waals surface area contributed by atoms with Gasteiger partial charge in [-0.25, -0.2) is 8.42 Å². The zero-order valence-corrected chi connectivity index (χ0v) is 10.6. The highest BCUT2D eigenvalue weighted by molar-refractivity contribution is 7.92. The number of nitrogens with zero attached hydrogens (tertiary/aromatic N) is 1. The molecule has 0 radical (unpaired) electrons. The molecule has 1 heterocycles. The van der Waals surface area contributed by atoms with E-state index in [1.165, 1.54) is 12.1 Å². The van der Waals surface area contributed by atoms with Crippen LogP contribution in [0.3, 0.4) is 0 Å². The maximum Gasteiger partial charge on any atom is 0.261 e. The Morgan fingerprint density at radius 2 is 2.00 bits per heavy atom. The predicted octanol–water partition coefficient (Wildman–Crippen LogP) is 1.77. The number of pyridine rings is 1. The minimum atomic E-state index is -3.61. The van der Waals surface area contributed by atoms with Crippen LogP contribution in [0.4, 0.5) is 11.4 Å². The smallest absolute Gasteiger partial charge is 0.261 e. The lowest BCUT2D eigenvalue weighted by Crippen LogP contribution is -2.13. The number of benzene rings is 1. The van der Waals surface area contributed by atoms with Gasteiger partial charge in [0.2, 0.25) is 0 Å². The van der Waals surface area contributed by atoms with E-state index in [2.05, 4.69) is 9.71 Å². The number of sulfonamides is 1. The quantitative estimate of drug-likeness (QED) is 0.826. The molecule has 6 heteroatoms. The third-order valence-corrected chi connectivity index (χ3v) is 3.70. The minimum Gasteiger partial charge on any atom is -0.399 e. The summed E-state index contributed by atoms with van der Waals surface area (Å²) >= 11 is 0. The van der Waals surface area contributed by atoms with Crippen LogP contribution in [0.1, 0.15) is 5.69 Å². The molecule has 0 saturated heterocycles. The Bertz CT molecular complexity index is 669. The molecule has 0 aliphatic rings. The van der Waals surface area contributed by atoms with E-state index in [1.54, 1.807) is 37.4 Å². The fourth-order valence-corrected chi connectivity index (χ4v) is 2.61. The van der Waals surface area contributed by atoms with Crippen molar-refractivity contribution in [1.29, 1.82) is 0 Å². The highest BCUT2D eigenvalue weighted by Gasteiger charge is 2.14. The van der Waals surface area contributed by atoms with Gasteiger partial charge in [0.15, 0.2) is 0 Å². The van der Waals surface area contributed by atoms with Crippen LogP contribution in [0.5, 0.6) is 0 Å². The summed E-state index contributed by atoms with van der Waals surface area (Å²) < 4.78 is 26.6. The molecule has 0 atom stereocenters. The molecule has 18 heavy (non-hydrogen) atoms. The molecule has 1 aromatic heterocycles. The van der Waals surface area contributed by atoms with Crippen LogP contribution in [0.15, 0.2) is 47.5 Å². The van der Waals surface area contributed by atoms with Gasteiger partial charge in [0.1, 0.15) is 0 Å². The lowest BCUT2D eigenvalue weighted by molar-refractivity contribution is 0.601. The van der Waals surface area contributed by atoms with Crippen LogP contribution in [0, 0.1) is 6.92 Å². The lowest BCUT2D eigenvalue weighted by Gasteiger charge is -2.08. The molecule has 0 saturated carbocycles. The zero-order valence-electron chi connectivity index (χ0n) is 9.79. The molecule has 0 aliphatic carbocycles. The first-order chi connectivity index (χ1) is 8.47. The van der Waals surface area contributed by atoms with Gasteiger partial charge in [-0.1, -0.05) is 6.07 Å². The normalized spacial score (nSPS) is 11.2. The van der Waals surface area contributed by atoms with Crippen molar-refractivity contribution in [2.45, 2.75) is 11.8 Å². The second-order valence-corrected chi connectivity index (χ2v) is 5.55. The number of aryl methyl sites for hydroxylation is 1. The van der Waals surface area contributed by atoms with Gasteiger partial charge in [-0.15, -0.1) is 0 Å². The van der Waals surface area contributed by atoms with E-state index in [9.17, 15) is 8.42 Å². The number of aromatic nitrogens is 1. The first-order valence-corrected chi connectivity index (χ1v) is 6.77. The van der Waals surface area contributed by atoms with Gasteiger partial charge in [0.25, 0.3) is 10.0 Å². The molecular formula is C12H13N3O2S. The van der Waals surface area contributed by atoms with Crippen LogP contribution < -0.4 is 10.5 Å². The Morgan fingerprint density at radius 1 is 1.22 bits per heavy atom. The number of nitrogen functional groups attached to an aromatic ring is 1. The third-order valence-electron chi connectivity index (χ3n) is 2.32. The molecule has 0 unspecified atom stereocenters. The number of nitrogens with one attached hydrogen (secondary N) is 1. The fourth-order valence-electron chi connectivity index (χ4n) is 1.50. The zero-order chi connectivity index (χ0) is 13.2. The van der Waals surface area contributed by atoms with Crippen molar-refractivity contribution in [3.63, 3.8) is 0 Å². The maximum atomic E-state index is 12.1. The number of anilines is 2.